The Morgan fingerprint density at radius 3 is 2.70 bits per heavy atom. The van der Waals surface area contributed by atoms with Crippen LogP contribution in [0.25, 0.3) is 0 Å². The molecule has 0 radical (unpaired) electrons. The maximum atomic E-state index is 13.3. The Kier molecular flexibility index (Phi) is 5.61. The van der Waals surface area contributed by atoms with Gasteiger partial charge in [-0.1, -0.05) is 11.6 Å². The molecule has 2 atom stereocenters. The Balaban J connectivity index is 2.07. The van der Waals surface area contributed by atoms with E-state index < -0.39 is 27.8 Å². The van der Waals surface area contributed by atoms with Gasteiger partial charge in [0.05, 0.1) is 25.0 Å². The van der Waals surface area contributed by atoms with E-state index in [0.717, 1.165) is 16.4 Å². The van der Waals surface area contributed by atoms with Crippen LogP contribution >= 0.6 is 11.6 Å². The molecular weight excluding hydrogens is 347 g/mol. The monoisotopic (exact) mass is 364 g/mol. The number of halogens is 2. The predicted molar refractivity (Wildman–Crippen MR) is 84.4 cm³/mol. The van der Waals surface area contributed by atoms with Crippen molar-refractivity contribution < 1.29 is 22.3 Å². The van der Waals surface area contributed by atoms with Crippen molar-refractivity contribution in [1.82, 2.24) is 9.62 Å². The van der Waals surface area contributed by atoms with Gasteiger partial charge in [-0.25, -0.2) is 17.1 Å². The summed E-state index contributed by atoms with van der Waals surface area (Å²) in [6.45, 7) is 0.449. The van der Waals surface area contributed by atoms with Gasteiger partial charge in [-0.05, 0) is 18.2 Å². The molecule has 9 heteroatoms. The molecule has 1 fully saturated rings. The summed E-state index contributed by atoms with van der Waals surface area (Å²) < 4.78 is 43.7. The summed E-state index contributed by atoms with van der Waals surface area (Å²) in [5.41, 5.74) is 0.0797. The highest BCUT2D eigenvalue weighted by Crippen LogP contribution is 2.19. The maximum absolute atomic E-state index is 13.3. The van der Waals surface area contributed by atoms with Crippen LogP contribution in [-0.2, 0) is 14.8 Å². The van der Waals surface area contributed by atoms with Crippen molar-refractivity contribution >= 4 is 27.5 Å². The number of hydrogen-bond acceptors (Lipinski definition) is 4. The molecule has 1 aliphatic rings. The zero-order valence-electron chi connectivity index (χ0n) is 12.8. The van der Waals surface area contributed by atoms with Gasteiger partial charge in [0.15, 0.2) is 0 Å². The van der Waals surface area contributed by atoms with Crippen LogP contribution < -0.4 is 5.32 Å². The second-order valence-corrected chi connectivity index (χ2v) is 8.26. The molecule has 23 heavy (non-hydrogen) atoms. The molecule has 0 saturated carbocycles. The van der Waals surface area contributed by atoms with Crippen LogP contribution in [0, 0.1) is 11.7 Å². The van der Waals surface area contributed by atoms with E-state index in [9.17, 15) is 17.6 Å². The van der Waals surface area contributed by atoms with E-state index in [1.54, 1.807) is 0 Å². The minimum absolute atomic E-state index is 0.0797. The third-order valence-electron chi connectivity index (χ3n) is 3.62. The van der Waals surface area contributed by atoms with Crippen molar-refractivity contribution in [3.8, 4) is 0 Å². The minimum Gasteiger partial charge on any atom is -0.379 e. The highest BCUT2D eigenvalue weighted by Gasteiger charge is 2.34. The molecule has 1 aliphatic heterocycles. The maximum Gasteiger partial charge on any atom is 0.251 e. The summed E-state index contributed by atoms with van der Waals surface area (Å²) in [6, 6.07) is 3.06. The van der Waals surface area contributed by atoms with Gasteiger partial charge in [0, 0.05) is 30.6 Å². The van der Waals surface area contributed by atoms with Crippen molar-refractivity contribution in [2.24, 2.45) is 5.92 Å². The smallest absolute Gasteiger partial charge is 0.251 e. The van der Waals surface area contributed by atoms with Crippen molar-refractivity contribution in [3.63, 3.8) is 0 Å². The lowest BCUT2D eigenvalue weighted by atomic mass is 10.1. The fraction of sp³-hybridized carbons (Fsp3) is 0.500. The van der Waals surface area contributed by atoms with E-state index in [-0.39, 0.29) is 35.5 Å². The molecule has 1 aromatic rings. The van der Waals surface area contributed by atoms with Crippen LogP contribution in [0.15, 0.2) is 18.2 Å². The Morgan fingerprint density at radius 2 is 2.09 bits per heavy atom. The number of rotatable bonds is 5. The number of benzene rings is 1. The molecule has 0 aliphatic carbocycles. The lowest BCUT2D eigenvalue weighted by Gasteiger charge is -2.21. The number of carbonyl (C=O) groups excluding carboxylic acids is 1. The van der Waals surface area contributed by atoms with E-state index in [1.807, 2.05) is 0 Å². The fourth-order valence-corrected chi connectivity index (χ4v) is 3.67. The zero-order valence-corrected chi connectivity index (χ0v) is 14.3. The van der Waals surface area contributed by atoms with Crippen molar-refractivity contribution in [3.05, 3.63) is 34.6 Å². The summed E-state index contributed by atoms with van der Waals surface area (Å²) in [5, 5.41) is 2.80. The number of nitrogens with zero attached hydrogens (tertiary/aromatic N) is 1. The quantitative estimate of drug-likeness (QED) is 0.849. The highest BCUT2D eigenvalue weighted by molar-refractivity contribution is 7.89. The summed E-state index contributed by atoms with van der Waals surface area (Å²) in [4.78, 5) is 12.2. The topological polar surface area (TPSA) is 75.7 Å². The molecule has 1 N–H and O–H groups in total. The molecule has 6 nitrogen and oxygen atoms in total. The number of sulfonamides is 1. The largest absolute Gasteiger partial charge is 0.379 e. The number of amides is 1. The number of ether oxygens (including phenoxy) is 1. The van der Waals surface area contributed by atoms with E-state index in [0.29, 0.717) is 0 Å². The number of nitrogens with one attached hydrogen (secondary N) is 1. The number of hydrogen-bond donors (Lipinski definition) is 1. The Morgan fingerprint density at radius 1 is 1.39 bits per heavy atom. The highest BCUT2D eigenvalue weighted by atomic mass is 35.5. The number of carbonyl (C=O) groups is 1. The van der Waals surface area contributed by atoms with Gasteiger partial charge in [-0.3, -0.25) is 4.79 Å². The molecule has 0 bridgehead atoms. The van der Waals surface area contributed by atoms with Crippen LogP contribution in [0.3, 0.4) is 0 Å². The first-order valence-electron chi connectivity index (χ1n) is 6.94. The van der Waals surface area contributed by atoms with Crippen LogP contribution in [0.4, 0.5) is 4.39 Å². The van der Waals surface area contributed by atoms with Gasteiger partial charge >= 0.3 is 0 Å². The summed E-state index contributed by atoms with van der Waals surface area (Å²) in [6.07, 6.45) is 0. The van der Waals surface area contributed by atoms with Crippen LogP contribution in [0.5, 0.6) is 0 Å². The fourth-order valence-electron chi connectivity index (χ4n) is 2.28. The zero-order chi connectivity index (χ0) is 17.2. The van der Waals surface area contributed by atoms with Gasteiger partial charge in [0.2, 0.25) is 10.0 Å². The molecule has 1 saturated heterocycles. The van der Waals surface area contributed by atoms with Gasteiger partial charge in [0.25, 0.3) is 5.91 Å². The predicted octanol–water partition coefficient (Wildman–Crippen LogP) is 1.12. The summed E-state index contributed by atoms with van der Waals surface area (Å²) in [7, 11) is -0.504. The Bertz CT molecular complexity index is 676. The molecule has 2 rings (SSSR count). The first kappa shape index (κ1) is 18.1. The molecule has 1 heterocycles. The molecule has 1 aromatic carbocycles. The lowest BCUT2D eigenvalue weighted by molar-refractivity contribution is 0.0925. The van der Waals surface area contributed by atoms with Crippen molar-refractivity contribution in [1.29, 1.82) is 0 Å². The van der Waals surface area contributed by atoms with Gasteiger partial charge in [-0.2, -0.15) is 0 Å². The van der Waals surface area contributed by atoms with E-state index in [4.69, 9.17) is 16.3 Å². The second-order valence-electron chi connectivity index (χ2n) is 5.60. The standard InChI is InChI=1S/C14H18ClFN2O4S/c1-18(2)23(20,21)8-10-6-22-7-13(10)17-14(19)9-3-11(15)5-12(16)4-9/h3-5,10,13H,6-8H2,1-2H3,(H,17,19)/t10-,13-/m0/s1. The van der Waals surface area contributed by atoms with Crippen LogP contribution in [0.2, 0.25) is 5.02 Å². The normalized spacial score (nSPS) is 21.6. The Hall–Kier alpha value is -1.22. The third-order valence-corrected chi connectivity index (χ3v) is 5.80. The molecule has 1 amide bonds. The van der Waals surface area contributed by atoms with Gasteiger partial charge in [-0.15, -0.1) is 0 Å². The van der Waals surface area contributed by atoms with Crippen molar-refractivity contribution in [2.45, 2.75) is 6.04 Å². The van der Waals surface area contributed by atoms with Gasteiger partial charge in [0.1, 0.15) is 5.82 Å². The van der Waals surface area contributed by atoms with Crippen LogP contribution in [0.1, 0.15) is 10.4 Å². The third kappa shape index (κ3) is 4.63. The lowest BCUT2D eigenvalue weighted by Crippen LogP contribution is -2.43. The SMILES string of the molecule is CN(C)S(=O)(=O)C[C@@H]1COC[C@@H]1NC(=O)c1cc(F)cc(Cl)c1. The molecule has 0 aromatic heterocycles. The van der Waals surface area contributed by atoms with Crippen LogP contribution in [-0.4, -0.2) is 57.7 Å². The summed E-state index contributed by atoms with van der Waals surface area (Å²) in [5.74, 6) is -1.63. The van der Waals surface area contributed by atoms with Crippen molar-refractivity contribution in [2.75, 3.05) is 33.1 Å². The molecular formula is C14H18ClFN2O4S. The Labute approximate surface area is 139 Å². The average Bonchev–Trinajstić information content (AvgIpc) is 2.84. The first-order chi connectivity index (χ1) is 10.7. The van der Waals surface area contributed by atoms with E-state index >= 15 is 0 Å². The second kappa shape index (κ2) is 7.12. The molecule has 0 unspecified atom stereocenters. The van der Waals surface area contributed by atoms with Gasteiger partial charge < -0.3 is 10.1 Å². The minimum atomic E-state index is -3.41. The van der Waals surface area contributed by atoms with E-state index in [1.165, 1.54) is 20.2 Å². The summed E-state index contributed by atoms with van der Waals surface area (Å²) >= 11 is 5.73. The first-order valence-corrected chi connectivity index (χ1v) is 8.92. The molecule has 0 spiro atoms. The average molecular weight is 365 g/mol. The van der Waals surface area contributed by atoms with E-state index in [2.05, 4.69) is 5.32 Å². The molecule has 128 valence electrons.